The van der Waals surface area contributed by atoms with Crippen LogP contribution in [0.1, 0.15) is 12.8 Å². The van der Waals surface area contributed by atoms with E-state index in [2.05, 4.69) is 20.6 Å². The number of nitrogens with one attached hydrogen (secondary N) is 2. The average molecular weight is 283 g/mol. The molecule has 2 aromatic heterocycles. The molecule has 2 N–H and O–H groups in total. The summed E-state index contributed by atoms with van der Waals surface area (Å²) in [5.41, 5.74) is 0. The molecule has 0 aliphatic heterocycles. The van der Waals surface area contributed by atoms with Gasteiger partial charge in [-0.2, -0.15) is 0 Å². The Bertz CT molecular complexity index is 596. The lowest BCUT2D eigenvalue weighted by atomic mass is 10.4. The molecule has 0 aromatic carbocycles. The van der Waals surface area contributed by atoms with Crippen molar-refractivity contribution in [3.05, 3.63) is 16.7 Å². The topological polar surface area (TPSA) is 66.9 Å². The fourth-order valence-corrected chi connectivity index (χ4v) is 2.62. The van der Waals surface area contributed by atoms with Gasteiger partial charge in [-0.15, -0.1) is 11.3 Å². The zero-order valence-corrected chi connectivity index (χ0v) is 11.0. The summed E-state index contributed by atoms with van der Waals surface area (Å²) >= 11 is 7.33. The zero-order chi connectivity index (χ0) is 12.5. The first-order valence-corrected chi connectivity index (χ1v) is 6.92. The first-order valence-electron chi connectivity index (χ1n) is 5.66. The number of hydrogen-bond acceptors (Lipinski definition) is 5. The summed E-state index contributed by atoms with van der Waals surface area (Å²) in [4.78, 5) is 20.6. The van der Waals surface area contributed by atoms with E-state index in [9.17, 15) is 4.79 Å². The minimum atomic E-state index is -0.0179. The van der Waals surface area contributed by atoms with E-state index >= 15 is 0 Å². The number of fused-ring (bicyclic) bond motifs is 1. The maximum Gasteiger partial charge on any atom is 0.239 e. The van der Waals surface area contributed by atoms with Gasteiger partial charge in [0.05, 0.1) is 11.9 Å². The summed E-state index contributed by atoms with van der Waals surface area (Å²) in [5.74, 6) is 0.591. The Labute approximate surface area is 113 Å². The molecule has 1 saturated carbocycles. The fraction of sp³-hybridized carbons (Fsp3) is 0.364. The Balaban J connectivity index is 1.72. The van der Waals surface area contributed by atoms with Crippen molar-refractivity contribution in [1.82, 2.24) is 15.3 Å². The van der Waals surface area contributed by atoms with Gasteiger partial charge in [0.25, 0.3) is 0 Å². The van der Waals surface area contributed by atoms with Crippen LogP contribution in [0.25, 0.3) is 10.2 Å². The lowest BCUT2D eigenvalue weighted by Gasteiger charge is -2.07. The van der Waals surface area contributed by atoms with Gasteiger partial charge < -0.3 is 10.6 Å². The summed E-state index contributed by atoms with van der Waals surface area (Å²) < 4.78 is 0. The number of halogens is 1. The highest BCUT2D eigenvalue weighted by molar-refractivity contribution is 7.16. The van der Waals surface area contributed by atoms with Gasteiger partial charge in [-0.1, -0.05) is 0 Å². The van der Waals surface area contributed by atoms with Crippen LogP contribution in [0.3, 0.4) is 0 Å². The molecular formula is C11H11ClN4OS. The van der Waals surface area contributed by atoms with E-state index in [0.717, 1.165) is 23.1 Å². The second-order valence-corrected chi connectivity index (χ2v) is 5.41. The van der Waals surface area contributed by atoms with Crippen LogP contribution in [-0.4, -0.2) is 28.5 Å². The molecule has 94 valence electrons. The van der Waals surface area contributed by atoms with Crippen LogP contribution in [-0.2, 0) is 4.79 Å². The van der Waals surface area contributed by atoms with E-state index in [0.29, 0.717) is 11.9 Å². The van der Waals surface area contributed by atoms with Crippen LogP contribution < -0.4 is 10.6 Å². The number of thiophene rings is 1. The fourth-order valence-electron chi connectivity index (χ4n) is 1.63. The van der Waals surface area contributed by atoms with Crippen molar-refractivity contribution >= 4 is 44.9 Å². The first kappa shape index (κ1) is 11.7. The maximum absolute atomic E-state index is 11.6. The number of aromatic nitrogens is 2. The van der Waals surface area contributed by atoms with Crippen LogP contribution in [0.4, 0.5) is 5.82 Å². The molecule has 0 saturated heterocycles. The molecule has 0 radical (unpaired) electrons. The molecule has 1 aliphatic rings. The van der Waals surface area contributed by atoms with E-state index in [-0.39, 0.29) is 17.7 Å². The standard InChI is InChI=1S/C11H11ClN4OS/c12-11-15-9(7-3-4-18-10(7)16-11)13-5-8(17)14-6-1-2-6/h3-4,6H,1-2,5H2,(H,14,17)(H,13,15,16). The Morgan fingerprint density at radius 1 is 1.50 bits per heavy atom. The van der Waals surface area contributed by atoms with Crippen LogP contribution in [0, 0.1) is 0 Å². The van der Waals surface area contributed by atoms with Gasteiger partial charge in [-0.05, 0) is 35.9 Å². The van der Waals surface area contributed by atoms with Crippen LogP contribution >= 0.6 is 22.9 Å². The van der Waals surface area contributed by atoms with Gasteiger partial charge >= 0.3 is 0 Å². The molecule has 1 amide bonds. The predicted octanol–water partition coefficient (Wildman–Crippen LogP) is 2.04. The monoisotopic (exact) mass is 282 g/mol. The number of rotatable bonds is 4. The number of amides is 1. The molecule has 2 aromatic rings. The number of hydrogen-bond donors (Lipinski definition) is 2. The van der Waals surface area contributed by atoms with Crippen LogP contribution in [0.2, 0.25) is 5.28 Å². The van der Waals surface area contributed by atoms with E-state index in [1.54, 1.807) is 0 Å². The molecule has 2 heterocycles. The Morgan fingerprint density at radius 3 is 3.11 bits per heavy atom. The summed E-state index contributed by atoms with van der Waals surface area (Å²) in [5, 5.41) is 8.92. The summed E-state index contributed by atoms with van der Waals surface area (Å²) in [6.45, 7) is 0.203. The molecule has 0 atom stereocenters. The normalized spacial score (nSPS) is 14.7. The highest BCUT2D eigenvalue weighted by atomic mass is 35.5. The molecule has 5 nitrogen and oxygen atoms in total. The van der Waals surface area contributed by atoms with E-state index in [4.69, 9.17) is 11.6 Å². The summed E-state index contributed by atoms with van der Waals surface area (Å²) in [6.07, 6.45) is 2.17. The van der Waals surface area contributed by atoms with Gasteiger partial charge in [-0.25, -0.2) is 9.97 Å². The highest BCUT2D eigenvalue weighted by Gasteiger charge is 2.23. The van der Waals surface area contributed by atoms with Crippen LogP contribution in [0.15, 0.2) is 11.4 Å². The van der Waals surface area contributed by atoms with Crippen molar-refractivity contribution in [2.75, 3.05) is 11.9 Å². The second kappa shape index (κ2) is 4.70. The highest BCUT2D eigenvalue weighted by Crippen LogP contribution is 2.26. The summed E-state index contributed by atoms with van der Waals surface area (Å²) in [6, 6.07) is 2.28. The predicted molar refractivity (Wildman–Crippen MR) is 72.1 cm³/mol. The average Bonchev–Trinajstić information content (AvgIpc) is 3.01. The maximum atomic E-state index is 11.6. The molecule has 0 bridgehead atoms. The second-order valence-electron chi connectivity index (χ2n) is 4.18. The molecule has 1 aliphatic carbocycles. The largest absolute Gasteiger partial charge is 0.360 e. The van der Waals surface area contributed by atoms with Gasteiger partial charge in [0.1, 0.15) is 10.6 Å². The minimum absolute atomic E-state index is 0.0179. The third kappa shape index (κ3) is 2.54. The first-order chi connectivity index (χ1) is 8.72. The van der Waals surface area contributed by atoms with Crippen molar-refractivity contribution in [2.24, 2.45) is 0 Å². The van der Waals surface area contributed by atoms with Crippen molar-refractivity contribution in [2.45, 2.75) is 18.9 Å². The Morgan fingerprint density at radius 2 is 2.33 bits per heavy atom. The molecule has 3 rings (SSSR count). The van der Waals surface area contributed by atoms with E-state index in [1.807, 2.05) is 11.4 Å². The van der Waals surface area contributed by atoms with Gasteiger partial charge in [-0.3, -0.25) is 4.79 Å². The van der Waals surface area contributed by atoms with Crippen molar-refractivity contribution < 1.29 is 4.79 Å². The SMILES string of the molecule is O=C(CNc1nc(Cl)nc2sccc12)NC1CC1. The zero-order valence-electron chi connectivity index (χ0n) is 9.44. The molecular weight excluding hydrogens is 272 g/mol. The third-order valence-corrected chi connectivity index (χ3v) is 3.63. The lowest BCUT2D eigenvalue weighted by Crippen LogP contribution is -2.31. The van der Waals surface area contributed by atoms with Crippen molar-refractivity contribution in [1.29, 1.82) is 0 Å². The summed E-state index contributed by atoms with van der Waals surface area (Å²) in [7, 11) is 0. The van der Waals surface area contributed by atoms with Crippen LogP contribution in [0.5, 0.6) is 0 Å². The number of nitrogens with zero attached hydrogens (tertiary/aromatic N) is 2. The van der Waals surface area contributed by atoms with Gasteiger partial charge in [0.2, 0.25) is 11.2 Å². The van der Waals surface area contributed by atoms with E-state index in [1.165, 1.54) is 11.3 Å². The number of anilines is 1. The smallest absolute Gasteiger partial charge is 0.239 e. The van der Waals surface area contributed by atoms with E-state index < -0.39 is 0 Å². The Hall–Kier alpha value is -1.40. The van der Waals surface area contributed by atoms with Gasteiger partial charge in [0.15, 0.2) is 0 Å². The van der Waals surface area contributed by atoms with Crippen molar-refractivity contribution in [3.63, 3.8) is 0 Å². The van der Waals surface area contributed by atoms with Gasteiger partial charge in [0, 0.05) is 6.04 Å². The molecule has 18 heavy (non-hydrogen) atoms. The molecule has 7 heteroatoms. The van der Waals surface area contributed by atoms with Crippen molar-refractivity contribution in [3.8, 4) is 0 Å². The Kier molecular flexibility index (Phi) is 3.05. The molecule has 0 unspecified atom stereocenters. The molecule has 1 fully saturated rings. The number of carbonyl (C=O) groups excluding carboxylic acids is 1. The quantitative estimate of drug-likeness (QED) is 0.842. The minimum Gasteiger partial charge on any atom is -0.360 e. The lowest BCUT2D eigenvalue weighted by molar-refractivity contribution is -0.119. The third-order valence-electron chi connectivity index (χ3n) is 2.66. The molecule has 0 spiro atoms. The number of carbonyl (C=O) groups is 1.